The fourth-order valence-electron chi connectivity index (χ4n) is 1.39. The topological polar surface area (TPSA) is 144 Å². The molecular formula is C9H9N5O4S. The zero-order valence-corrected chi connectivity index (χ0v) is 10.2. The lowest BCUT2D eigenvalue weighted by Crippen LogP contribution is -2.14. The Balaban J connectivity index is 2.45. The van der Waals surface area contributed by atoms with Crippen LogP contribution in [-0.2, 0) is 10.0 Å². The lowest BCUT2D eigenvalue weighted by atomic mass is 10.3. The molecule has 1 aromatic carbocycles. The number of sulfonamides is 1. The highest BCUT2D eigenvalue weighted by Crippen LogP contribution is 2.25. The molecule has 0 unspecified atom stereocenters. The summed E-state index contributed by atoms with van der Waals surface area (Å²) >= 11 is 0. The number of nitro groups is 1. The van der Waals surface area contributed by atoms with Crippen molar-refractivity contribution in [3.63, 3.8) is 0 Å². The van der Waals surface area contributed by atoms with Crippen molar-refractivity contribution >= 4 is 27.1 Å². The van der Waals surface area contributed by atoms with E-state index in [1.807, 2.05) is 0 Å². The number of H-pyrrole nitrogens is 1. The first kappa shape index (κ1) is 12.8. The molecule has 19 heavy (non-hydrogen) atoms. The van der Waals surface area contributed by atoms with E-state index in [0.717, 1.165) is 12.1 Å². The molecule has 1 heterocycles. The van der Waals surface area contributed by atoms with Crippen molar-refractivity contribution in [2.45, 2.75) is 4.90 Å². The minimum Gasteiger partial charge on any atom is -0.398 e. The predicted molar refractivity (Wildman–Crippen MR) is 66.9 cm³/mol. The lowest BCUT2D eigenvalue weighted by molar-refractivity contribution is -0.385. The predicted octanol–water partition coefficient (Wildman–Crippen LogP) is 0.701. The first-order valence-corrected chi connectivity index (χ1v) is 6.44. The Morgan fingerprint density at radius 1 is 1.42 bits per heavy atom. The molecule has 2 rings (SSSR count). The smallest absolute Gasteiger partial charge is 0.270 e. The maximum Gasteiger partial charge on any atom is 0.270 e. The summed E-state index contributed by atoms with van der Waals surface area (Å²) in [5.74, 6) is 0. The Morgan fingerprint density at radius 2 is 2.16 bits per heavy atom. The van der Waals surface area contributed by atoms with Gasteiger partial charge in [0.2, 0.25) is 0 Å². The SMILES string of the molecule is Nc1ccc([N+](=O)[O-])cc1S(=O)(=O)Nc1cn[nH]c1. The van der Waals surface area contributed by atoms with Gasteiger partial charge in [0, 0.05) is 18.3 Å². The van der Waals surface area contributed by atoms with Crippen molar-refractivity contribution in [3.8, 4) is 0 Å². The van der Waals surface area contributed by atoms with Gasteiger partial charge in [-0.15, -0.1) is 0 Å². The summed E-state index contributed by atoms with van der Waals surface area (Å²) in [7, 11) is -4.01. The zero-order valence-electron chi connectivity index (χ0n) is 9.40. The molecule has 0 bridgehead atoms. The average Bonchev–Trinajstić information content (AvgIpc) is 2.81. The Morgan fingerprint density at radius 3 is 2.74 bits per heavy atom. The number of hydrogen-bond acceptors (Lipinski definition) is 6. The third kappa shape index (κ3) is 2.63. The standard InChI is InChI=1S/C9H9N5O4S/c10-8-2-1-7(14(15)16)3-9(8)19(17,18)13-6-4-11-12-5-6/h1-5,13H,10H2,(H,11,12). The first-order valence-electron chi connectivity index (χ1n) is 4.95. The maximum atomic E-state index is 12.0. The number of anilines is 2. The summed E-state index contributed by atoms with van der Waals surface area (Å²) in [4.78, 5) is 9.59. The monoisotopic (exact) mass is 283 g/mol. The minimum atomic E-state index is -4.01. The summed E-state index contributed by atoms with van der Waals surface area (Å²) in [6.07, 6.45) is 2.58. The molecule has 0 atom stereocenters. The van der Waals surface area contributed by atoms with Crippen LogP contribution in [0.4, 0.5) is 17.1 Å². The second-order valence-electron chi connectivity index (χ2n) is 3.57. The molecule has 9 nitrogen and oxygen atoms in total. The van der Waals surface area contributed by atoms with Crippen LogP contribution in [0.15, 0.2) is 35.5 Å². The molecule has 2 aromatic rings. The summed E-state index contributed by atoms with van der Waals surface area (Å²) in [5, 5.41) is 16.7. The van der Waals surface area contributed by atoms with E-state index in [4.69, 9.17) is 5.73 Å². The summed E-state index contributed by atoms with van der Waals surface area (Å²) < 4.78 is 26.3. The van der Waals surface area contributed by atoms with Gasteiger partial charge in [-0.05, 0) is 6.07 Å². The highest BCUT2D eigenvalue weighted by molar-refractivity contribution is 7.92. The van der Waals surface area contributed by atoms with Gasteiger partial charge in [0.1, 0.15) is 4.90 Å². The minimum absolute atomic E-state index is 0.0819. The van der Waals surface area contributed by atoms with Crippen LogP contribution in [0.2, 0.25) is 0 Å². The van der Waals surface area contributed by atoms with Crippen LogP contribution in [0.1, 0.15) is 0 Å². The van der Waals surface area contributed by atoms with Crippen LogP contribution < -0.4 is 10.5 Å². The van der Waals surface area contributed by atoms with Crippen LogP contribution in [0.5, 0.6) is 0 Å². The largest absolute Gasteiger partial charge is 0.398 e. The first-order chi connectivity index (χ1) is 8.90. The maximum absolute atomic E-state index is 12.0. The van der Waals surface area contributed by atoms with Gasteiger partial charge in [-0.3, -0.25) is 19.9 Å². The van der Waals surface area contributed by atoms with Gasteiger partial charge >= 0.3 is 0 Å². The number of aromatic nitrogens is 2. The molecule has 0 spiro atoms. The van der Waals surface area contributed by atoms with Gasteiger partial charge in [0.05, 0.1) is 22.5 Å². The van der Waals surface area contributed by atoms with Gasteiger partial charge in [-0.25, -0.2) is 8.42 Å². The van der Waals surface area contributed by atoms with E-state index in [0.29, 0.717) is 0 Å². The van der Waals surface area contributed by atoms with Crippen LogP contribution in [0, 0.1) is 10.1 Å². The highest BCUT2D eigenvalue weighted by atomic mass is 32.2. The van der Waals surface area contributed by atoms with Gasteiger partial charge < -0.3 is 5.73 Å². The van der Waals surface area contributed by atoms with Crippen molar-refractivity contribution in [1.82, 2.24) is 10.2 Å². The number of aromatic amines is 1. The molecule has 0 saturated heterocycles. The number of nitro benzene ring substituents is 1. The van der Waals surface area contributed by atoms with Crippen molar-refractivity contribution in [1.29, 1.82) is 0 Å². The fraction of sp³-hybridized carbons (Fsp3) is 0. The van der Waals surface area contributed by atoms with Crippen molar-refractivity contribution in [2.24, 2.45) is 0 Å². The van der Waals surface area contributed by atoms with Crippen molar-refractivity contribution in [2.75, 3.05) is 10.5 Å². The van der Waals surface area contributed by atoms with E-state index in [9.17, 15) is 18.5 Å². The van der Waals surface area contributed by atoms with E-state index in [2.05, 4.69) is 14.9 Å². The molecule has 4 N–H and O–H groups in total. The highest BCUT2D eigenvalue weighted by Gasteiger charge is 2.21. The number of non-ortho nitro benzene ring substituents is 1. The lowest BCUT2D eigenvalue weighted by Gasteiger charge is -2.08. The van der Waals surface area contributed by atoms with Crippen molar-refractivity contribution < 1.29 is 13.3 Å². The molecule has 0 saturated carbocycles. The van der Waals surface area contributed by atoms with Crippen LogP contribution in [0.25, 0.3) is 0 Å². The van der Waals surface area contributed by atoms with Crippen LogP contribution in [0.3, 0.4) is 0 Å². The van der Waals surface area contributed by atoms with Crippen LogP contribution >= 0.6 is 0 Å². The fourth-order valence-corrected chi connectivity index (χ4v) is 2.57. The second-order valence-corrected chi connectivity index (χ2v) is 5.22. The molecular weight excluding hydrogens is 274 g/mol. The molecule has 0 aliphatic rings. The number of nitrogens with zero attached hydrogens (tertiary/aromatic N) is 2. The van der Waals surface area contributed by atoms with Crippen molar-refractivity contribution in [3.05, 3.63) is 40.7 Å². The van der Waals surface area contributed by atoms with E-state index in [-0.39, 0.29) is 22.0 Å². The molecule has 10 heteroatoms. The second kappa shape index (κ2) is 4.57. The Kier molecular flexibility index (Phi) is 3.09. The number of nitrogens with two attached hydrogens (primary N) is 1. The average molecular weight is 283 g/mol. The zero-order chi connectivity index (χ0) is 14.0. The van der Waals surface area contributed by atoms with E-state index < -0.39 is 14.9 Å². The normalized spacial score (nSPS) is 11.2. The molecule has 100 valence electrons. The van der Waals surface area contributed by atoms with Gasteiger partial charge in [-0.1, -0.05) is 0 Å². The molecule has 0 amide bonds. The Hall–Kier alpha value is -2.62. The van der Waals surface area contributed by atoms with E-state index in [1.165, 1.54) is 18.5 Å². The third-order valence-corrected chi connectivity index (χ3v) is 3.68. The van der Waals surface area contributed by atoms with Crippen LogP contribution in [-0.4, -0.2) is 23.5 Å². The molecule has 0 radical (unpaired) electrons. The number of nitrogens with one attached hydrogen (secondary N) is 2. The molecule has 0 aliphatic carbocycles. The van der Waals surface area contributed by atoms with E-state index >= 15 is 0 Å². The number of hydrogen-bond donors (Lipinski definition) is 3. The molecule has 0 fully saturated rings. The van der Waals surface area contributed by atoms with Gasteiger partial charge in [0.25, 0.3) is 15.7 Å². The molecule has 1 aromatic heterocycles. The number of rotatable bonds is 4. The summed E-state index contributed by atoms with van der Waals surface area (Å²) in [6, 6.07) is 3.20. The Bertz CT molecular complexity index is 710. The van der Waals surface area contributed by atoms with E-state index in [1.54, 1.807) is 0 Å². The quantitative estimate of drug-likeness (QED) is 0.428. The summed E-state index contributed by atoms with van der Waals surface area (Å²) in [6.45, 7) is 0. The third-order valence-electron chi connectivity index (χ3n) is 2.25. The number of benzene rings is 1. The Labute approximate surface area is 107 Å². The summed E-state index contributed by atoms with van der Waals surface area (Å²) in [5.41, 5.74) is 5.30. The number of nitrogen functional groups attached to an aromatic ring is 1. The van der Waals surface area contributed by atoms with Gasteiger partial charge in [0.15, 0.2) is 0 Å². The van der Waals surface area contributed by atoms with Gasteiger partial charge in [-0.2, -0.15) is 5.10 Å². The molecule has 0 aliphatic heterocycles.